The van der Waals surface area contributed by atoms with Gasteiger partial charge in [0.1, 0.15) is 12.1 Å². The molecule has 0 spiro atoms. The summed E-state index contributed by atoms with van der Waals surface area (Å²) in [6, 6.07) is 5.00. The van der Waals surface area contributed by atoms with Gasteiger partial charge in [-0.05, 0) is 37.5 Å². The van der Waals surface area contributed by atoms with Crippen molar-refractivity contribution in [3.8, 4) is 5.75 Å². The first-order valence-corrected chi connectivity index (χ1v) is 9.28. The van der Waals surface area contributed by atoms with Crippen molar-refractivity contribution in [1.29, 1.82) is 0 Å². The third-order valence-electron chi connectivity index (χ3n) is 4.25. The summed E-state index contributed by atoms with van der Waals surface area (Å²) in [6.45, 7) is 2.05. The normalized spacial score (nSPS) is 16.0. The van der Waals surface area contributed by atoms with Crippen LogP contribution in [0.3, 0.4) is 0 Å². The van der Waals surface area contributed by atoms with Crippen molar-refractivity contribution in [2.24, 2.45) is 0 Å². The Morgan fingerprint density at radius 1 is 1.15 bits per heavy atom. The summed E-state index contributed by atoms with van der Waals surface area (Å²) < 4.78 is 5.78. The lowest BCUT2D eigenvalue weighted by atomic mass is 10.2. The summed E-state index contributed by atoms with van der Waals surface area (Å²) in [5.74, 6) is 0.188. The number of amides is 2. The van der Waals surface area contributed by atoms with E-state index in [4.69, 9.17) is 16.3 Å². The van der Waals surface area contributed by atoms with E-state index in [1.807, 2.05) is 0 Å². The SMILES string of the molecule is O=C1NCCCCN(C(=O)c2cncnc2)CCCOc2ccc(Cl)cc21. The van der Waals surface area contributed by atoms with Gasteiger partial charge in [0.2, 0.25) is 0 Å². The Morgan fingerprint density at radius 2 is 1.93 bits per heavy atom. The number of hydrogen-bond donors (Lipinski definition) is 1. The minimum atomic E-state index is -0.207. The Hall–Kier alpha value is -2.67. The monoisotopic (exact) mass is 388 g/mol. The van der Waals surface area contributed by atoms with E-state index in [0.717, 1.165) is 12.8 Å². The Morgan fingerprint density at radius 3 is 2.74 bits per heavy atom. The lowest BCUT2D eigenvalue weighted by Crippen LogP contribution is -2.34. The van der Waals surface area contributed by atoms with Crippen molar-refractivity contribution in [3.63, 3.8) is 0 Å². The Balaban J connectivity index is 1.71. The molecule has 1 N–H and O–H groups in total. The second kappa shape index (κ2) is 9.32. The highest BCUT2D eigenvalue weighted by molar-refractivity contribution is 6.31. The van der Waals surface area contributed by atoms with Crippen molar-refractivity contribution in [1.82, 2.24) is 20.2 Å². The molecule has 1 aliphatic heterocycles. The highest BCUT2D eigenvalue weighted by Crippen LogP contribution is 2.23. The van der Waals surface area contributed by atoms with Gasteiger partial charge in [-0.25, -0.2) is 9.97 Å². The van der Waals surface area contributed by atoms with E-state index in [9.17, 15) is 9.59 Å². The zero-order valence-corrected chi connectivity index (χ0v) is 15.6. The van der Waals surface area contributed by atoms with Gasteiger partial charge in [0, 0.05) is 37.1 Å². The van der Waals surface area contributed by atoms with E-state index in [1.54, 1.807) is 23.1 Å². The number of carbonyl (C=O) groups excluding carboxylic acids is 2. The maximum absolute atomic E-state index is 12.7. The molecule has 3 rings (SSSR count). The van der Waals surface area contributed by atoms with Gasteiger partial charge in [-0.15, -0.1) is 0 Å². The zero-order chi connectivity index (χ0) is 19.1. The van der Waals surface area contributed by atoms with E-state index in [0.29, 0.717) is 54.6 Å². The van der Waals surface area contributed by atoms with E-state index in [1.165, 1.54) is 18.7 Å². The molecule has 1 aromatic carbocycles. The molecule has 8 heteroatoms. The number of fused-ring (bicyclic) bond motifs is 1. The maximum atomic E-state index is 12.7. The minimum Gasteiger partial charge on any atom is -0.493 e. The molecule has 27 heavy (non-hydrogen) atoms. The quantitative estimate of drug-likeness (QED) is 0.811. The lowest BCUT2D eigenvalue weighted by Gasteiger charge is -2.22. The van der Waals surface area contributed by atoms with E-state index in [2.05, 4.69) is 15.3 Å². The second-order valence-corrected chi connectivity index (χ2v) is 6.66. The van der Waals surface area contributed by atoms with Crippen molar-refractivity contribution < 1.29 is 14.3 Å². The highest BCUT2D eigenvalue weighted by atomic mass is 35.5. The Kier molecular flexibility index (Phi) is 6.59. The molecule has 2 amide bonds. The van der Waals surface area contributed by atoms with Crippen LogP contribution in [0.4, 0.5) is 0 Å². The standard InChI is InChI=1S/C19H21ClN4O3/c20-15-4-5-17-16(10-15)18(25)23-6-1-2-7-24(8-3-9-27-17)19(26)14-11-21-13-22-12-14/h4-5,10-13H,1-3,6-9H2,(H,23,25). The van der Waals surface area contributed by atoms with Crippen LogP contribution < -0.4 is 10.1 Å². The molecule has 0 aliphatic carbocycles. The molecule has 0 atom stereocenters. The van der Waals surface area contributed by atoms with E-state index < -0.39 is 0 Å². The van der Waals surface area contributed by atoms with Crippen LogP contribution in [0.25, 0.3) is 0 Å². The summed E-state index contributed by atoms with van der Waals surface area (Å²) in [7, 11) is 0. The molecule has 0 radical (unpaired) electrons. The van der Waals surface area contributed by atoms with Crippen LogP contribution in [0, 0.1) is 0 Å². The van der Waals surface area contributed by atoms with Gasteiger partial charge in [0.05, 0.1) is 17.7 Å². The molecule has 1 aromatic heterocycles. The summed E-state index contributed by atoms with van der Waals surface area (Å²) in [5.41, 5.74) is 0.895. The summed E-state index contributed by atoms with van der Waals surface area (Å²) in [6.07, 6.45) is 6.63. The lowest BCUT2D eigenvalue weighted by molar-refractivity contribution is 0.0742. The van der Waals surface area contributed by atoms with Crippen LogP contribution in [0.1, 0.15) is 40.0 Å². The predicted molar refractivity (Wildman–Crippen MR) is 101 cm³/mol. The second-order valence-electron chi connectivity index (χ2n) is 6.22. The van der Waals surface area contributed by atoms with Gasteiger partial charge in [-0.2, -0.15) is 0 Å². The topological polar surface area (TPSA) is 84.4 Å². The highest BCUT2D eigenvalue weighted by Gasteiger charge is 2.18. The maximum Gasteiger partial charge on any atom is 0.256 e. The average molecular weight is 389 g/mol. The van der Waals surface area contributed by atoms with Crippen LogP contribution in [-0.2, 0) is 0 Å². The molecule has 1 aliphatic rings. The number of ether oxygens (including phenoxy) is 1. The number of halogens is 1. The van der Waals surface area contributed by atoms with Crippen molar-refractivity contribution in [2.75, 3.05) is 26.2 Å². The Bertz CT molecular complexity index is 801. The van der Waals surface area contributed by atoms with Gasteiger partial charge in [0.15, 0.2) is 0 Å². The third kappa shape index (κ3) is 5.17. The largest absolute Gasteiger partial charge is 0.493 e. The Labute approximate surface area is 162 Å². The number of nitrogens with one attached hydrogen (secondary N) is 1. The van der Waals surface area contributed by atoms with Crippen LogP contribution in [0.2, 0.25) is 5.02 Å². The summed E-state index contributed by atoms with van der Waals surface area (Å²) >= 11 is 6.02. The number of benzene rings is 1. The molecule has 0 unspecified atom stereocenters. The fourth-order valence-corrected chi connectivity index (χ4v) is 3.05. The third-order valence-corrected chi connectivity index (χ3v) is 4.49. The van der Waals surface area contributed by atoms with Crippen LogP contribution in [-0.4, -0.2) is 52.9 Å². The fourth-order valence-electron chi connectivity index (χ4n) is 2.87. The fraction of sp³-hybridized carbons (Fsp3) is 0.368. The van der Waals surface area contributed by atoms with Crippen LogP contribution in [0.15, 0.2) is 36.9 Å². The first kappa shape index (κ1) is 19.1. The molecule has 0 bridgehead atoms. The number of aromatic nitrogens is 2. The van der Waals surface area contributed by atoms with E-state index in [-0.39, 0.29) is 11.8 Å². The average Bonchev–Trinajstić information content (AvgIpc) is 2.71. The number of hydrogen-bond acceptors (Lipinski definition) is 5. The van der Waals surface area contributed by atoms with Gasteiger partial charge in [0.25, 0.3) is 11.8 Å². The molecular weight excluding hydrogens is 368 g/mol. The number of carbonyl (C=O) groups is 2. The number of rotatable bonds is 1. The summed E-state index contributed by atoms with van der Waals surface area (Å²) in [4.78, 5) is 34.7. The molecule has 2 aromatic rings. The van der Waals surface area contributed by atoms with Crippen molar-refractivity contribution in [2.45, 2.75) is 19.3 Å². The van der Waals surface area contributed by atoms with Gasteiger partial charge in [-0.3, -0.25) is 9.59 Å². The van der Waals surface area contributed by atoms with E-state index >= 15 is 0 Å². The van der Waals surface area contributed by atoms with Gasteiger partial charge < -0.3 is 15.0 Å². The molecule has 0 saturated heterocycles. The molecule has 0 fully saturated rings. The first-order chi connectivity index (χ1) is 13.1. The number of nitrogens with zero attached hydrogens (tertiary/aromatic N) is 3. The molecule has 2 heterocycles. The van der Waals surface area contributed by atoms with Gasteiger partial charge >= 0.3 is 0 Å². The smallest absolute Gasteiger partial charge is 0.256 e. The van der Waals surface area contributed by atoms with Crippen LogP contribution >= 0.6 is 11.6 Å². The zero-order valence-electron chi connectivity index (χ0n) is 14.9. The summed E-state index contributed by atoms with van der Waals surface area (Å²) in [5, 5.41) is 3.36. The minimum absolute atomic E-state index is 0.0957. The predicted octanol–water partition coefficient (Wildman–Crippen LogP) is 2.56. The van der Waals surface area contributed by atoms with Crippen LogP contribution in [0.5, 0.6) is 5.75 Å². The molecule has 142 valence electrons. The van der Waals surface area contributed by atoms with Crippen molar-refractivity contribution >= 4 is 23.4 Å². The molecule has 0 saturated carbocycles. The first-order valence-electron chi connectivity index (χ1n) is 8.90. The molecule has 7 nitrogen and oxygen atoms in total. The van der Waals surface area contributed by atoms with Crippen molar-refractivity contribution in [3.05, 3.63) is 53.1 Å². The van der Waals surface area contributed by atoms with Gasteiger partial charge in [-0.1, -0.05) is 11.6 Å². The molecular formula is C19H21ClN4O3.